The lowest BCUT2D eigenvalue weighted by molar-refractivity contribution is 0.141. The van der Waals surface area contributed by atoms with E-state index in [1.54, 1.807) is 11.8 Å². The maximum Gasteiger partial charge on any atom is 0.408 e. The molecule has 0 aliphatic carbocycles. The number of benzene rings is 2. The smallest absolute Gasteiger partial charge is 0.408 e. The van der Waals surface area contributed by atoms with E-state index in [-0.39, 0.29) is 13.2 Å². The minimum Gasteiger partial charge on any atom is -0.445 e. The van der Waals surface area contributed by atoms with E-state index in [9.17, 15) is 4.79 Å². The molecule has 0 radical (unpaired) electrons. The number of ether oxygens (including phenoxy) is 1. The fraction of sp³-hybridized carbons (Fsp3) is 0.167. The predicted molar refractivity (Wildman–Crippen MR) is 89.7 cm³/mol. The van der Waals surface area contributed by atoms with Crippen LogP contribution in [-0.2, 0) is 11.3 Å². The molecular formula is C18H17NO2S. The predicted octanol–water partition coefficient (Wildman–Crippen LogP) is 3.69. The maximum absolute atomic E-state index is 11.5. The maximum atomic E-state index is 11.5. The highest BCUT2D eigenvalue weighted by Gasteiger charge is 2.00. The van der Waals surface area contributed by atoms with Crippen molar-refractivity contribution in [2.75, 3.05) is 12.8 Å². The molecule has 0 spiro atoms. The molecular weight excluding hydrogens is 294 g/mol. The highest BCUT2D eigenvalue weighted by Crippen LogP contribution is 2.14. The van der Waals surface area contributed by atoms with Gasteiger partial charge in [-0.05, 0) is 36.1 Å². The van der Waals surface area contributed by atoms with Crippen molar-refractivity contribution in [1.29, 1.82) is 0 Å². The van der Waals surface area contributed by atoms with Crippen LogP contribution < -0.4 is 5.32 Å². The van der Waals surface area contributed by atoms with Crippen LogP contribution in [-0.4, -0.2) is 18.9 Å². The quantitative estimate of drug-likeness (QED) is 0.691. The van der Waals surface area contributed by atoms with Crippen molar-refractivity contribution in [3.63, 3.8) is 0 Å². The number of nitrogens with one attached hydrogen (secondary N) is 1. The van der Waals surface area contributed by atoms with Crippen molar-refractivity contribution in [3.05, 3.63) is 65.7 Å². The second-order valence-electron chi connectivity index (χ2n) is 4.45. The van der Waals surface area contributed by atoms with Crippen LogP contribution in [0.3, 0.4) is 0 Å². The zero-order valence-electron chi connectivity index (χ0n) is 12.3. The molecule has 4 heteroatoms. The normalized spacial score (nSPS) is 9.50. The number of hydrogen-bond acceptors (Lipinski definition) is 3. The van der Waals surface area contributed by atoms with Gasteiger partial charge in [-0.25, -0.2) is 4.79 Å². The summed E-state index contributed by atoms with van der Waals surface area (Å²) in [6, 6.07) is 17.5. The van der Waals surface area contributed by atoms with Gasteiger partial charge in [-0.15, -0.1) is 11.8 Å². The lowest BCUT2D eigenvalue weighted by Crippen LogP contribution is -2.24. The van der Waals surface area contributed by atoms with Gasteiger partial charge in [0.1, 0.15) is 6.61 Å². The van der Waals surface area contributed by atoms with Gasteiger partial charge in [-0.3, -0.25) is 0 Å². The van der Waals surface area contributed by atoms with Gasteiger partial charge >= 0.3 is 6.09 Å². The van der Waals surface area contributed by atoms with Crippen molar-refractivity contribution < 1.29 is 9.53 Å². The van der Waals surface area contributed by atoms with E-state index in [2.05, 4.69) is 17.2 Å². The number of hydrogen-bond donors (Lipinski definition) is 1. The SMILES string of the molecule is CSc1ccc(C#CCNC(=O)OCc2ccccc2)cc1. The average molecular weight is 311 g/mol. The van der Waals surface area contributed by atoms with Crippen molar-refractivity contribution in [3.8, 4) is 11.8 Å². The van der Waals surface area contributed by atoms with E-state index >= 15 is 0 Å². The van der Waals surface area contributed by atoms with Crippen LogP contribution in [0.4, 0.5) is 4.79 Å². The summed E-state index contributed by atoms with van der Waals surface area (Å²) in [7, 11) is 0. The fourth-order valence-electron chi connectivity index (χ4n) is 1.71. The first-order valence-electron chi connectivity index (χ1n) is 6.85. The minimum atomic E-state index is -0.462. The molecule has 0 atom stereocenters. The van der Waals surface area contributed by atoms with Gasteiger partial charge in [0.05, 0.1) is 6.54 Å². The molecule has 1 N–H and O–H groups in total. The lowest BCUT2D eigenvalue weighted by atomic mass is 10.2. The molecule has 1 amide bonds. The van der Waals surface area contributed by atoms with Crippen LogP contribution in [0, 0.1) is 11.8 Å². The molecule has 0 saturated carbocycles. The standard InChI is InChI=1S/C18H17NO2S/c1-22-17-11-9-15(10-12-17)8-5-13-19-18(20)21-14-16-6-3-2-4-7-16/h2-4,6-7,9-12H,13-14H2,1H3,(H,19,20). The summed E-state index contributed by atoms with van der Waals surface area (Å²) in [5.41, 5.74) is 1.88. The van der Waals surface area contributed by atoms with Gasteiger partial charge in [0.25, 0.3) is 0 Å². The van der Waals surface area contributed by atoms with Crippen LogP contribution >= 0.6 is 11.8 Å². The summed E-state index contributed by atoms with van der Waals surface area (Å²) in [6.07, 6.45) is 1.57. The first-order chi connectivity index (χ1) is 10.8. The molecule has 22 heavy (non-hydrogen) atoms. The Morgan fingerprint density at radius 3 is 2.55 bits per heavy atom. The van der Waals surface area contributed by atoms with Gasteiger partial charge in [-0.2, -0.15) is 0 Å². The number of rotatable bonds is 4. The van der Waals surface area contributed by atoms with E-state index < -0.39 is 6.09 Å². The van der Waals surface area contributed by atoms with E-state index in [0.29, 0.717) is 0 Å². The zero-order valence-corrected chi connectivity index (χ0v) is 13.2. The second kappa shape index (κ2) is 8.81. The largest absolute Gasteiger partial charge is 0.445 e. The Hall–Kier alpha value is -2.38. The Balaban J connectivity index is 1.71. The Labute approximate surface area is 135 Å². The zero-order chi connectivity index (χ0) is 15.6. The van der Waals surface area contributed by atoms with Gasteiger partial charge in [-0.1, -0.05) is 42.2 Å². The molecule has 2 rings (SSSR count). The number of amides is 1. The Morgan fingerprint density at radius 2 is 1.86 bits per heavy atom. The molecule has 0 bridgehead atoms. The molecule has 2 aromatic carbocycles. The second-order valence-corrected chi connectivity index (χ2v) is 5.33. The fourth-order valence-corrected chi connectivity index (χ4v) is 2.12. The third-order valence-corrected chi connectivity index (χ3v) is 3.60. The van der Waals surface area contributed by atoms with Gasteiger partial charge in [0, 0.05) is 10.5 Å². The topological polar surface area (TPSA) is 38.3 Å². The van der Waals surface area contributed by atoms with E-state index in [0.717, 1.165) is 11.1 Å². The molecule has 112 valence electrons. The Bertz CT molecular complexity index is 657. The molecule has 0 fully saturated rings. The molecule has 0 aliphatic heterocycles. The summed E-state index contributed by atoms with van der Waals surface area (Å²) in [6.45, 7) is 0.522. The highest BCUT2D eigenvalue weighted by molar-refractivity contribution is 7.98. The highest BCUT2D eigenvalue weighted by atomic mass is 32.2. The van der Waals surface area contributed by atoms with Crippen LogP contribution in [0.5, 0.6) is 0 Å². The summed E-state index contributed by atoms with van der Waals surface area (Å²) in [4.78, 5) is 12.7. The number of alkyl carbamates (subject to hydrolysis) is 1. The Morgan fingerprint density at radius 1 is 1.14 bits per heavy atom. The molecule has 0 unspecified atom stereocenters. The summed E-state index contributed by atoms with van der Waals surface area (Å²) < 4.78 is 5.09. The van der Waals surface area contributed by atoms with Crippen molar-refractivity contribution >= 4 is 17.9 Å². The summed E-state index contributed by atoms with van der Waals surface area (Å²) in [5, 5.41) is 2.61. The molecule has 0 aliphatic rings. The van der Waals surface area contributed by atoms with Crippen molar-refractivity contribution in [2.45, 2.75) is 11.5 Å². The average Bonchev–Trinajstić information content (AvgIpc) is 2.58. The molecule has 3 nitrogen and oxygen atoms in total. The van der Waals surface area contributed by atoms with E-state index in [4.69, 9.17) is 4.74 Å². The van der Waals surface area contributed by atoms with Crippen LogP contribution in [0.25, 0.3) is 0 Å². The number of carbonyl (C=O) groups excluding carboxylic acids is 1. The van der Waals surface area contributed by atoms with Crippen LogP contribution in [0.2, 0.25) is 0 Å². The van der Waals surface area contributed by atoms with E-state index in [1.165, 1.54) is 4.90 Å². The van der Waals surface area contributed by atoms with Crippen LogP contribution in [0.1, 0.15) is 11.1 Å². The van der Waals surface area contributed by atoms with E-state index in [1.807, 2.05) is 60.9 Å². The number of carbonyl (C=O) groups is 1. The lowest BCUT2D eigenvalue weighted by Gasteiger charge is -2.04. The molecule has 0 aromatic heterocycles. The van der Waals surface area contributed by atoms with Gasteiger partial charge in [0.15, 0.2) is 0 Å². The molecule has 0 saturated heterocycles. The monoisotopic (exact) mass is 311 g/mol. The summed E-state index contributed by atoms with van der Waals surface area (Å²) >= 11 is 1.69. The van der Waals surface area contributed by atoms with Crippen molar-refractivity contribution in [2.24, 2.45) is 0 Å². The van der Waals surface area contributed by atoms with Crippen LogP contribution in [0.15, 0.2) is 59.5 Å². The number of thioether (sulfide) groups is 1. The third kappa shape index (κ3) is 5.55. The first-order valence-corrected chi connectivity index (χ1v) is 8.08. The Kier molecular flexibility index (Phi) is 6.40. The molecule has 2 aromatic rings. The minimum absolute atomic E-state index is 0.260. The van der Waals surface area contributed by atoms with Gasteiger partial charge in [0.2, 0.25) is 0 Å². The first kappa shape index (κ1) is 16.0. The van der Waals surface area contributed by atoms with Crippen molar-refractivity contribution in [1.82, 2.24) is 5.32 Å². The summed E-state index contributed by atoms with van der Waals surface area (Å²) in [5.74, 6) is 5.90. The third-order valence-electron chi connectivity index (χ3n) is 2.86. The molecule has 0 heterocycles. The van der Waals surface area contributed by atoms with Gasteiger partial charge < -0.3 is 10.1 Å².